The minimum absolute atomic E-state index is 0.0713. The molecule has 0 radical (unpaired) electrons. The minimum atomic E-state index is -1.96. The van der Waals surface area contributed by atoms with Crippen LogP contribution < -0.4 is 0 Å². The lowest BCUT2D eigenvalue weighted by atomic mass is 9.96. The third kappa shape index (κ3) is 13.8. The molecule has 368 valence electrons. The molecule has 0 spiro atoms. The van der Waals surface area contributed by atoms with E-state index in [-0.39, 0.29) is 43.1 Å². The van der Waals surface area contributed by atoms with E-state index in [1.807, 2.05) is 91.0 Å². The van der Waals surface area contributed by atoms with Crippen molar-refractivity contribution in [3.8, 4) is 0 Å². The summed E-state index contributed by atoms with van der Waals surface area (Å²) >= 11 is 0. The molecule has 6 aromatic carbocycles. The largest absolute Gasteiger partial charge is 0.463 e. The van der Waals surface area contributed by atoms with Gasteiger partial charge in [-0.05, 0) is 53.1 Å². The van der Waals surface area contributed by atoms with Crippen molar-refractivity contribution >= 4 is 23.9 Å². The first-order chi connectivity index (χ1) is 34.7. The highest BCUT2D eigenvalue weighted by Gasteiger charge is 2.54. The van der Waals surface area contributed by atoms with Crippen molar-refractivity contribution in [1.82, 2.24) is 0 Å². The van der Waals surface area contributed by atoms with E-state index in [4.69, 9.17) is 47.4 Å². The first kappa shape index (κ1) is 50.3. The SMILES string of the molecule is CC(=O)OC[C@H]1OC(OC[C@H]2O[C@H](O)[C@H](OC(=O)c3ccccc3)[C@@H](OC(=O)c3ccccc3)[C@@H]2OC(=O)c2ccccc2)[C@H](OCc2ccccc2)[C@@H](OCc2ccccc2)[C@@H]1OCc1ccccc1. The fourth-order valence-corrected chi connectivity index (χ4v) is 8.13. The lowest BCUT2D eigenvalue weighted by Crippen LogP contribution is -2.64. The van der Waals surface area contributed by atoms with Crippen molar-refractivity contribution in [3.05, 3.63) is 215 Å². The Morgan fingerprint density at radius 3 is 1.21 bits per heavy atom. The summed E-state index contributed by atoms with van der Waals surface area (Å²) in [5, 5.41) is 11.8. The normalized spacial score (nSPS) is 24.0. The second kappa shape index (κ2) is 25.2. The zero-order valence-electron chi connectivity index (χ0n) is 38.8. The molecule has 0 amide bonds. The second-order valence-electron chi connectivity index (χ2n) is 16.7. The van der Waals surface area contributed by atoms with E-state index in [9.17, 15) is 24.3 Å². The van der Waals surface area contributed by atoms with Crippen LogP contribution in [-0.2, 0) is 72.0 Å². The van der Waals surface area contributed by atoms with Gasteiger partial charge in [-0.3, -0.25) is 4.79 Å². The lowest BCUT2D eigenvalue weighted by molar-refractivity contribution is -0.340. The van der Waals surface area contributed by atoms with E-state index in [1.165, 1.54) is 43.3 Å². The fourth-order valence-electron chi connectivity index (χ4n) is 8.13. The Labute approximate surface area is 411 Å². The van der Waals surface area contributed by atoms with Crippen LogP contribution in [0.3, 0.4) is 0 Å². The number of hydrogen-bond acceptors (Lipinski definition) is 15. The highest BCUT2D eigenvalue weighted by Crippen LogP contribution is 2.34. The van der Waals surface area contributed by atoms with E-state index in [0.717, 1.165) is 16.7 Å². The number of carbonyl (C=O) groups excluding carboxylic acids is 4. The summed E-state index contributed by atoms with van der Waals surface area (Å²) in [6, 6.07) is 52.5. The highest BCUT2D eigenvalue weighted by atomic mass is 16.7. The number of benzene rings is 6. The van der Waals surface area contributed by atoms with Crippen LogP contribution in [-0.4, -0.2) is 104 Å². The molecular formula is C56H54O15. The number of rotatable bonds is 20. The van der Waals surface area contributed by atoms with Gasteiger partial charge in [-0.1, -0.05) is 146 Å². The van der Waals surface area contributed by atoms with Crippen LogP contribution in [0.15, 0.2) is 182 Å². The molecule has 71 heavy (non-hydrogen) atoms. The number of hydrogen-bond donors (Lipinski definition) is 1. The predicted octanol–water partition coefficient (Wildman–Crippen LogP) is 7.44. The molecule has 2 aliphatic heterocycles. The Hall–Kier alpha value is -7.08. The molecule has 8 rings (SSSR count). The van der Waals surface area contributed by atoms with Crippen molar-refractivity contribution in [2.75, 3.05) is 13.2 Å². The molecule has 6 aromatic rings. The third-order valence-electron chi connectivity index (χ3n) is 11.7. The average molecular weight is 967 g/mol. The van der Waals surface area contributed by atoms with Crippen LogP contribution in [0.1, 0.15) is 54.7 Å². The molecule has 15 nitrogen and oxygen atoms in total. The van der Waals surface area contributed by atoms with Crippen molar-refractivity contribution < 1.29 is 71.7 Å². The molecule has 15 heteroatoms. The Bertz CT molecular complexity index is 2590. The monoisotopic (exact) mass is 966 g/mol. The summed E-state index contributed by atoms with van der Waals surface area (Å²) in [6.45, 7) is 0.811. The number of ether oxygens (including phenoxy) is 10. The summed E-state index contributed by atoms with van der Waals surface area (Å²) in [5.41, 5.74) is 2.93. The minimum Gasteiger partial charge on any atom is -0.463 e. The summed E-state index contributed by atoms with van der Waals surface area (Å²) in [7, 11) is 0. The van der Waals surface area contributed by atoms with Crippen LogP contribution in [0.2, 0.25) is 0 Å². The van der Waals surface area contributed by atoms with Crippen molar-refractivity contribution in [1.29, 1.82) is 0 Å². The van der Waals surface area contributed by atoms with Gasteiger partial charge in [-0.2, -0.15) is 0 Å². The predicted molar refractivity (Wildman–Crippen MR) is 254 cm³/mol. The maximum atomic E-state index is 14.0. The number of esters is 4. The third-order valence-corrected chi connectivity index (χ3v) is 11.7. The Balaban J connectivity index is 1.15. The molecule has 0 aromatic heterocycles. The van der Waals surface area contributed by atoms with Crippen molar-refractivity contribution in [3.63, 3.8) is 0 Å². The van der Waals surface area contributed by atoms with Gasteiger partial charge in [0.1, 0.15) is 37.1 Å². The summed E-state index contributed by atoms with van der Waals surface area (Å²) < 4.78 is 63.3. The molecule has 2 heterocycles. The summed E-state index contributed by atoms with van der Waals surface area (Å²) in [5.74, 6) is -3.16. The van der Waals surface area contributed by atoms with Gasteiger partial charge in [0.15, 0.2) is 30.9 Å². The van der Waals surface area contributed by atoms with E-state index in [1.54, 1.807) is 54.6 Å². The topological polar surface area (TPSA) is 181 Å². The van der Waals surface area contributed by atoms with Gasteiger partial charge in [0.2, 0.25) is 0 Å². The van der Waals surface area contributed by atoms with Crippen LogP contribution in [0.4, 0.5) is 0 Å². The quantitative estimate of drug-likeness (QED) is 0.0589. The van der Waals surface area contributed by atoms with E-state index >= 15 is 0 Å². The van der Waals surface area contributed by atoms with Gasteiger partial charge < -0.3 is 52.5 Å². The van der Waals surface area contributed by atoms with E-state index in [0.29, 0.717) is 0 Å². The van der Waals surface area contributed by atoms with E-state index in [2.05, 4.69) is 0 Å². The van der Waals surface area contributed by atoms with Crippen LogP contribution >= 0.6 is 0 Å². The average Bonchev–Trinajstić information content (AvgIpc) is 3.41. The van der Waals surface area contributed by atoms with Crippen LogP contribution in [0, 0.1) is 0 Å². The van der Waals surface area contributed by atoms with E-state index < -0.39 is 91.9 Å². The first-order valence-corrected chi connectivity index (χ1v) is 23.2. The number of aliphatic hydroxyl groups excluding tert-OH is 1. The molecule has 0 bridgehead atoms. The van der Waals surface area contributed by atoms with Gasteiger partial charge >= 0.3 is 23.9 Å². The highest BCUT2D eigenvalue weighted by molar-refractivity contribution is 5.91. The van der Waals surface area contributed by atoms with Gasteiger partial charge in [0, 0.05) is 6.92 Å². The molecule has 2 fully saturated rings. The molecule has 1 N–H and O–H groups in total. The van der Waals surface area contributed by atoms with Gasteiger partial charge in [-0.25, -0.2) is 14.4 Å². The molecule has 1 unspecified atom stereocenters. The second-order valence-corrected chi connectivity index (χ2v) is 16.7. The molecule has 2 saturated heterocycles. The Kier molecular flexibility index (Phi) is 17.8. The fraction of sp³-hybridized carbons (Fsp3) is 0.286. The lowest BCUT2D eigenvalue weighted by Gasteiger charge is -2.47. The maximum absolute atomic E-state index is 14.0. The summed E-state index contributed by atoms with van der Waals surface area (Å²) in [6.07, 6.45) is -13.7. The number of carbonyl (C=O) groups is 4. The maximum Gasteiger partial charge on any atom is 0.338 e. The molecular weight excluding hydrogens is 913 g/mol. The Morgan fingerprint density at radius 1 is 0.408 bits per heavy atom. The van der Waals surface area contributed by atoms with Gasteiger partial charge in [0.05, 0.1) is 43.1 Å². The van der Waals surface area contributed by atoms with Crippen LogP contribution in [0.5, 0.6) is 0 Å². The standard InChI is InChI=1S/C56H54O15/c1-37(57)62-35-44-46(63-32-38-20-8-2-9-21-38)48(64-33-39-22-10-3-11-23-39)51(65-34-40-24-12-4-13-25-40)56(68-44)66-36-45-47(69-52(58)41-26-14-5-15-27-41)49(70-53(59)42-28-16-6-17-29-42)50(55(61)67-45)71-54(60)43-30-18-7-19-31-43/h2-31,44-51,55-56,61H,32-36H2,1H3/t44-,45-,46-,47-,48+,49+,50-,51-,55+,56?/m1/s1. The Morgan fingerprint density at radius 2 is 0.775 bits per heavy atom. The molecule has 0 aliphatic carbocycles. The molecule has 0 saturated carbocycles. The summed E-state index contributed by atoms with van der Waals surface area (Å²) in [4.78, 5) is 54.0. The van der Waals surface area contributed by atoms with Gasteiger partial charge in [0.25, 0.3) is 0 Å². The first-order valence-electron chi connectivity index (χ1n) is 23.2. The van der Waals surface area contributed by atoms with Crippen molar-refractivity contribution in [2.45, 2.75) is 88.2 Å². The molecule has 10 atom stereocenters. The zero-order chi connectivity index (χ0) is 49.4. The smallest absolute Gasteiger partial charge is 0.338 e. The number of aliphatic hydroxyl groups is 1. The van der Waals surface area contributed by atoms with Crippen molar-refractivity contribution in [2.24, 2.45) is 0 Å². The zero-order valence-corrected chi connectivity index (χ0v) is 38.8. The van der Waals surface area contributed by atoms with Crippen LogP contribution in [0.25, 0.3) is 0 Å². The van der Waals surface area contributed by atoms with Gasteiger partial charge in [-0.15, -0.1) is 0 Å². The molecule has 2 aliphatic rings.